The summed E-state index contributed by atoms with van der Waals surface area (Å²) in [4.78, 5) is 24.9. The SMILES string of the molecule is CC(O)CCCCCCCCCCCCCCCC(=O)NCc1ccccc1CNC(=O)CCCCCCCCCCCCCCCC(C)O. The van der Waals surface area contributed by atoms with Gasteiger partial charge in [0.2, 0.25) is 11.8 Å². The van der Waals surface area contributed by atoms with Crippen molar-refractivity contribution in [3.63, 3.8) is 0 Å². The fourth-order valence-electron chi connectivity index (χ4n) is 6.81. The highest BCUT2D eigenvalue weighted by Gasteiger charge is 2.08. The third-order valence-electron chi connectivity index (χ3n) is 10.1. The van der Waals surface area contributed by atoms with Crippen LogP contribution in [-0.4, -0.2) is 34.2 Å². The van der Waals surface area contributed by atoms with E-state index in [2.05, 4.69) is 10.6 Å². The normalized spacial score (nSPS) is 12.6. The van der Waals surface area contributed by atoms with Gasteiger partial charge in [0.1, 0.15) is 0 Å². The van der Waals surface area contributed by atoms with Gasteiger partial charge < -0.3 is 20.8 Å². The fourth-order valence-corrected chi connectivity index (χ4v) is 6.81. The van der Waals surface area contributed by atoms with E-state index in [-0.39, 0.29) is 24.0 Å². The number of nitrogens with one attached hydrogen (secondary N) is 2. The zero-order valence-electron chi connectivity index (χ0n) is 32.8. The van der Waals surface area contributed by atoms with Crippen molar-refractivity contribution in [1.82, 2.24) is 10.6 Å². The van der Waals surface area contributed by atoms with Gasteiger partial charge in [0, 0.05) is 25.9 Å². The fraction of sp³-hybridized carbons (Fsp3) is 0.818. The second kappa shape index (κ2) is 34.2. The Kier molecular flexibility index (Phi) is 31.5. The van der Waals surface area contributed by atoms with Crippen molar-refractivity contribution in [2.75, 3.05) is 0 Å². The van der Waals surface area contributed by atoms with Gasteiger partial charge in [-0.25, -0.2) is 0 Å². The number of amides is 2. The Morgan fingerprint density at radius 2 is 0.680 bits per heavy atom. The average Bonchev–Trinajstić information content (AvgIpc) is 3.09. The number of hydrogen-bond acceptors (Lipinski definition) is 4. The highest BCUT2D eigenvalue weighted by atomic mass is 16.3. The quantitative estimate of drug-likeness (QED) is 0.0524. The first-order valence-electron chi connectivity index (χ1n) is 21.3. The van der Waals surface area contributed by atoms with Crippen LogP contribution in [0.2, 0.25) is 0 Å². The predicted molar refractivity (Wildman–Crippen MR) is 212 cm³/mol. The van der Waals surface area contributed by atoms with E-state index in [4.69, 9.17) is 0 Å². The maximum absolute atomic E-state index is 12.5. The number of aliphatic hydroxyl groups excluding tert-OH is 2. The van der Waals surface area contributed by atoms with E-state index in [1.54, 1.807) is 0 Å². The number of aliphatic hydroxyl groups is 2. The predicted octanol–water partition coefficient (Wildman–Crippen LogP) is 11.4. The molecule has 1 rings (SSSR count). The average molecular weight is 701 g/mol. The summed E-state index contributed by atoms with van der Waals surface area (Å²) < 4.78 is 0. The van der Waals surface area contributed by atoms with Gasteiger partial charge in [-0.1, -0.05) is 178 Å². The van der Waals surface area contributed by atoms with E-state index in [0.717, 1.165) is 62.5 Å². The first kappa shape index (κ1) is 46.1. The summed E-state index contributed by atoms with van der Waals surface area (Å²) in [5.74, 6) is 0.233. The molecular formula is C44H80N2O4. The molecule has 0 saturated carbocycles. The Hall–Kier alpha value is -1.92. The molecule has 0 spiro atoms. The van der Waals surface area contributed by atoms with Crippen molar-refractivity contribution in [1.29, 1.82) is 0 Å². The lowest BCUT2D eigenvalue weighted by Crippen LogP contribution is -2.25. The van der Waals surface area contributed by atoms with Crippen LogP contribution in [0.5, 0.6) is 0 Å². The monoisotopic (exact) mass is 701 g/mol. The van der Waals surface area contributed by atoms with Crippen molar-refractivity contribution in [2.24, 2.45) is 0 Å². The Labute approximate surface area is 308 Å². The molecule has 0 radical (unpaired) electrons. The van der Waals surface area contributed by atoms with Gasteiger partial charge >= 0.3 is 0 Å². The van der Waals surface area contributed by atoms with Crippen LogP contribution < -0.4 is 10.6 Å². The molecule has 1 aromatic rings. The lowest BCUT2D eigenvalue weighted by molar-refractivity contribution is -0.122. The second-order valence-electron chi connectivity index (χ2n) is 15.3. The van der Waals surface area contributed by atoms with E-state index in [1.807, 2.05) is 38.1 Å². The Bertz CT molecular complexity index is 846. The van der Waals surface area contributed by atoms with Crippen molar-refractivity contribution >= 4 is 11.8 Å². The van der Waals surface area contributed by atoms with Crippen molar-refractivity contribution in [2.45, 2.75) is 232 Å². The summed E-state index contributed by atoms with van der Waals surface area (Å²) in [6.45, 7) is 4.78. The van der Waals surface area contributed by atoms with Crippen LogP contribution >= 0.6 is 0 Å². The molecular weight excluding hydrogens is 620 g/mol. The molecule has 1 aromatic carbocycles. The molecule has 0 aliphatic heterocycles. The maximum Gasteiger partial charge on any atom is 0.220 e. The van der Waals surface area contributed by atoms with Gasteiger partial charge in [0.05, 0.1) is 12.2 Å². The Balaban J connectivity index is 1.97. The minimum absolute atomic E-state index is 0.116. The van der Waals surface area contributed by atoms with E-state index in [1.165, 1.54) is 128 Å². The van der Waals surface area contributed by atoms with E-state index in [0.29, 0.717) is 25.9 Å². The number of carbonyl (C=O) groups excluding carboxylic acids is 2. The molecule has 0 heterocycles. The van der Waals surface area contributed by atoms with E-state index in [9.17, 15) is 19.8 Å². The van der Waals surface area contributed by atoms with Crippen LogP contribution in [0.1, 0.15) is 218 Å². The maximum atomic E-state index is 12.5. The van der Waals surface area contributed by atoms with Crippen molar-refractivity contribution < 1.29 is 19.8 Å². The molecule has 2 amide bonds. The number of carbonyl (C=O) groups is 2. The largest absolute Gasteiger partial charge is 0.393 e. The molecule has 0 aliphatic rings. The lowest BCUT2D eigenvalue weighted by Gasteiger charge is -2.12. The van der Waals surface area contributed by atoms with Gasteiger partial charge in [-0.15, -0.1) is 0 Å². The Morgan fingerprint density at radius 3 is 0.940 bits per heavy atom. The molecule has 290 valence electrons. The summed E-state index contributed by atoms with van der Waals surface area (Å²) in [6.07, 6.45) is 35.4. The summed E-state index contributed by atoms with van der Waals surface area (Å²) >= 11 is 0. The first-order chi connectivity index (χ1) is 24.4. The molecule has 50 heavy (non-hydrogen) atoms. The second-order valence-corrected chi connectivity index (χ2v) is 15.3. The van der Waals surface area contributed by atoms with Gasteiger partial charge in [0.25, 0.3) is 0 Å². The van der Waals surface area contributed by atoms with Crippen LogP contribution in [0, 0.1) is 0 Å². The molecule has 6 heteroatoms. The molecule has 2 atom stereocenters. The van der Waals surface area contributed by atoms with Gasteiger partial charge in [-0.3, -0.25) is 9.59 Å². The topological polar surface area (TPSA) is 98.7 Å². The number of rotatable bonds is 36. The zero-order valence-corrected chi connectivity index (χ0v) is 32.8. The third-order valence-corrected chi connectivity index (χ3v) is 10.1. The number of hydrogen-bond donors (Lipinski definition) is 4. The molecule has 0 aromatic heterocycles. The van der Waals surface area contributed by atoms with Gasteiger partial charge in [-0.05, 0) is 50.7 Å². The Morgan fingerprint density at radius 1 is 0.440 bits per heavy atom. The molecule has 2 unspecified atom stereocenters. The molecule has 0 aliphatic carbocycles. The summed E-state index contributed by atoms with van der Waals surface area (Å²) in [5, 5.41) is 24.8. The minimum atomic E-state index is -0.145. The van der Waals surface area contributed by atoms with Crippen LogP contribution in [0.3, 0.4) is 0 Å². The molecule has 0 fully saturated rings. The van der Waals surface area contributed by atoms with Crippen molar-refractivity contribution in [3.8, 4) is 0 Å². The summed E-state index contributed by atoms with van der Waals surface area (Å²) in [6, 6.07) is 8.08. The number of benzene rings is 1. The summed E-state index contributed by atoms with van der Waals surface area (Å²) in [5.41, 5.74) is 2.15. The lowest BCUT2D eigenvalue weighted by atomic mass is 10.0. The molecule has 0 saturated heterocycles. The smallest absolute Gasteiger partial charge is 0.220 e. The van der Waals surface area contributed by atoms with Crippen LogP contribution in [0.15, 0.2) is 24.3 Å². The molecule has 6 nitrogen and oxygen atoms in total. The highest BCUT2D eigenvalue weighted by Crippen LogP contribution is 2.16. The van der Waals surface area contributed by atoms with Crippen molar-refractivity contribution in [3.05, 3.63) is 35.4 Å². The summed E-state index contributed by atoms with van der Waals surface area (Å²) in [7, 11) is 0. The van der Waals surface area contributed by atoms with Crippen LogP contribution in [-0.2, 0) is 22.7 Å². The minimum Gasteiger partial charge on any atom is -0.393 e. The standard InChI is InChI=1S/C44H80N2O4/c1-39(47)31-25-21-17-13-9-5-3-7-11-15-19-23-27-35-43(49)45-37-41-33-29-30-34-42(41)38-46-44(50)36-28-24-20-16-12-8-4-6-10-14-18-22-26-32-40(2)48/h29-30,33-34,39-40,47-48H,3-28,31-32,35-38H2,1-2H3,(H,45,49)(H,46,50). The molecule has 0 bridgehead atoms. The van der Waals surface area contributed by atoms with Crippen LogP contribution in [0.25, 0.3) is 0 Å². The third kappa shape index (κ3) is 30.9. The van der Waals surface area contributed by atoms with Gasteiger partial charge in [0.15, 0.2) is 0 Å². The highest BCUT2D eigenvalue weighted by molar-refractivity contribution is 5.76. The zero-order chi connectivity index (χ0) is 36.3. The number of unbranched alkanes of at least 4 members (excludes halogenated alkanes) is 24. The molecule has 4 N–H and O–H groups in total. The van der Waals surface area contributed by atoms with E-state index < -0.39 is 0 Å². The van der Waals surface area contributed by atoms with Gasteiger partial charge in [-0.2, -0.15) is 0 Å². The van der Waals surface area contributed by atoms with E-state index >= 15 is 0 Å². The first-order valence-corrected chi connectivity index (χ1v) is 21.3. The van der Waals surface area contributed by atoms with Crippen LogP contribution in [0.4, 0.5) is 0 Å².